The van der Waals surface area contributed by atoms with E-state index in [-0.39, 0.29) is 12.8 Å². The van der Waals surface area contributed by atoms with Crippen molar-refractivity contribution < 1.29 is 27.5 Å². The number of rotatable bonds is 4. The number of likely N-dealkylation sites (tertiary alicyclic amines) is 1. The van der Waals surface area contributed by atoms with Gasteiger partial charge in [-0.25, -0.2) is 0 Å². The first-order valence-electron chi connectivity index (χ1n) is 4.36. The summed E-state index contributed by atoms with van der Waals surface area (Å²) in [5.41, 5.74) is -2.99. The second kappa shape index (κ2) is 4.34. The van der Waals surface area contributed by atoms with Crippen molar-refractivity contribution in [2.45, 2.75) is 25.4 Å². The number of carbonyl (C=O) groups is 2. The van der Waals surface area contributed by atoms with Gasteiger partial charge in [0.05, 0.1) is 6.54 Å². The molecule has 0 unspecified atom stereocenters. The molecular formula is C7H9F4N3O2. The third-order valence-corrected chi connectivity index (χ3v) is 2.34. The zero-order chi connectivity index (χ0) is 12.5. The van der Waals surface area contributed by atoms with Crippen LogP contribution in [0.2, 0.25) is 0 Å². The van der Waals surface area contributed by atoms with Crippen LogP contribution in [0.15, 0.2) is 0 Å². The fourth-order valence-electron chi connectivity index (χ4n) is 1.26. The molecule has 92 valence electrons. The molecule has 0 aromatic heterocycles. The van der Waals surface area contributed by atoms with Crippen molar-refractivity contribution in [3.8, 4) is 0 Å². The Morgan fingerprint density at radius 3 is 1.81 bits per heavy atom. The van der Waals surface area contributed by atoms with Crippen LogP contribution in [0.25, 0.3) is 0 Å². The topological polar surface area (TPSA) is 43.9 Å². The lowest BCUT2D eigenvalue weighted by Gasteiger charge is -2.31. The highest BCUT2D eigenvalue weighted by molar-refractivity contribution is 6.01. The van der Waals surface area contributed by atoms with E-state index in [0.29, 0.717) is 11.8 Å². The summed E-state index contributed by atoms with van der Waals surface area (Å²) in [6, 6.07) is 0. The highest BCUT2D eigenvalue weighted by Gasteiger charge is 2.47. The summed E-state index contributed by atoms with van der Waals surface area (Å²) in [5, 5.41) is -3.46. The maximum absolute atomic E-state index is 12.3. The SMILES string of the molecule is CC(CN1C(=O)CCC1=O)(N(F)F)N(F)F. The monoisotopic (exact) mass is 243 g/mol. The third-order valence-electron chi connectivity index (χ3n) is 2.34. The van der Waals surface area contributed by atoms with Gasteiger partial charge >= 0.3 is 0 Å². The van der Waals surface area contributed by atoms with Gasteiger partial charge in [-0.15, -0.1) is 0 Å². The van der Waals surface area contributed by atoms with Crippen molar-refractivity contribution in [1.82, 2.24) is 15.6 Å². The van der Waals surface area contributed by atoms with E-state index in [4.69, 9.17) is 0 Å². The molecule has 9 heteroatoms. The van der Waals surface area contributed by atoms with Crippen LogP contribution in [-0.2, 0) is 9.59 Å². The average Bonchev–Trinajstić information content (AvgIpc) is 2.48. The van der Waals surface area contributed by atoms with E-state index in [1.807, 2.05) is 0 Å². The normalized spacial score (nSPS) is 18.1. The van der Waals surface area contributed by atoms with Crippen molar-refractivity contribution in [1.29, 1.82) is 0 Å². The Labute approximate surface area is 87.9 Å². The Bertz CT molecular complexity index is 286. The van der Waals surface area contributed by atoms with E-state index in [1.54, 1.807) is 0 Å². The Hall–Kier alpha value is -1.22. The van der Waals surface area contributed by atoms with Crippen LogP contribution >= 0.6 is 0 Å². The van der Waals surface area contributed by atoms with Gasteiger partial charge in [0.15, 0.2) is 0 Å². The molecule has 0 spiro atoms. The van der Waals surface area contributed by atoms with E-state index in [1.165, 1.54) is 0 Å². The van der Waals surface area contributed by atoms with E-state index >= 15 is 0 Å². The molecule has 1 rings (SSSR count). The highest BCUT2D eigenvalue weighted by Crippen LogP contribution is 2.26. The van der Waals surface area contributed by atoms with Crippen molar-refractivity contribution in [2.75, 3.05) is 6.54 Å². The number of nitrogens with zero attached hydrogens (tertiary/aromatic N) is 3. The highest BCUT2D eigenvalue weighted by atomic mass is 19.4. The fourth-order valence-corrected chi connectivity index (χ4v) is 1.26. The van der Waals surface area contributed by atoms with Gasteiger partial charge in [-0.2, -0.15) is 0 Å². The first-order valence-corrected chi connectivity index (χ1v) is 4.36. The van der Waals surface area contributed by atoms with E-state index < -0.39 is 34.7 Å². The molecular weight excluding hydrogens is 234 g/mol. The predicted molar refractivity (Wildman–Crippen MR) is 42.5 cm³/mol. The number of amides is 2. The number of hydrogen-bond donors (Lipinski definition) is 0. The first kappa shape index (κ1) is 12.8. The summed E-state index contributed by atoms with van der Waals surface area (Å²) >= 11 is 0. The van der Waals surface area contributed by atoms with Crippen molar-refractivity contribution in [3.05, 3.63) is 0 Å². The molecule has 0 aromatic rings. The summed E-state index contributed by atoms with van der Waals surface area (Å²) in [4.78, 5) is 22.6. The zero-order valence-electron chi connectivity index (χ0n) is 8.29. The largest absolute Gasteiger partial charge is 0.279 e. The number of imide groups is 1. The molecule has 0 radical (unpaired) electrons. The van der Waals surface area contributed by atoms with E-state index in [9.17, 15) is 27.5 Å². The molecule has 0 aliphatic carbocycles. The predicted octanol–water partition coefficient (Wildman–Crippen LogP) is 0.994. The Kier molecular flexibility index (Phi) is 3.48. The van der Waals surface area contributed by atoms with Crippen molar-refractivity contribution in [3.63, 3.8) is 0 Å². The van der Waals surface area contributed by atoms with Crippen LogP contribution in [0.1, 0.15) is 19.8 Å². The van der Waals surface area contributed by atoms with Crippen LogP contribution in [0.5, 0.6) is 0 Å². The van der Waals surface area contributed by atoms with Crippen LogP contribution in [0.4, 0.5) is 17.9 Å². The molecule has 0 saturated carbocycles. The third kappa shape index (κ3) is 2.14. The molecule has 0 N–H and O–H groups in total. The molecule has 1 heterocycles. The van der Waals surface area contributed by atoms with Gasteiger partial charge in [0.1, 0.15) is 0 Å². The molecule has 1 aliphatic heterocycles. The lowest BCUT2D eigenvalue weighted by Crippen LogP contribution is -2.55. The van der Waals surface area contributed by atoms with Crippen LogP contribution in [-0.4, -0.2) is 39.6 Å². The van der Waals surface area contributed by atoms with Gasteiger partial charge in [0.25, 0.3) is 0 Å². The first-order chi connectivity index (χ1) is 7.29. The van der Waals surface area contributed by atoms with Crippen LogP contribution < -0.4 is 0 Å². The second-order valence-electron chi connectivity index (χ2n) is 3.56. The summed E-state index contributed by atoms with van der Waals surface area (Å²) in [5.74, 6) is -1.44. The molecule has 1 aliphatic rings. The van der Waals surface area contributed by atoms with Crippen LogP contribution in [0, 0.1) is 0 Å². The van der Waals surface area contributed by atoms with Gasteiger partial charge in [-0.1, -0.05) is 17.9 Å². The lowest BCUT2D eigenvalue weighted by atomic mass is 10.2. The summed E-state index contributed by atoms with van der Waals surface area (Å²) < 4.78 is 49.2. The Balaban J connectivity index is 2.84. The average molecular weight is 243 g/mol. The maximum Gasteiger partial charge on any atom is 0.229 e. The number of halogens is 4. The van der Waals surface area contributed by atoms with Gasteiger partial charge in [-0.05, 0) is 6.92 Å². The van der Waals surface area contributed by atoms with Gasteiger partial charge < -0.3 is 0 Å². The van der Waals surface area contributed by atoms with Crippen molar-refractivity contribution in [2.24, 2.45) is 0 Å². The zero-order valence-corrected chi connectivity index (χ0v) is 8.29. The minimum absolute atomic E-state index is 0.133. The maximum atomic E-state index is 12.3. The van der Waals surface area contributed by atoms with Gasteiger partial charge in [0, 0.05) is 23.5 Å². The van der Waals surface area contributed by atoms with Gasteiger partial charge in [-0.3, -0.25) is 14.5 Å². The summed E-state index contributed by atoms with van der Waals surface area (Å²) in [6.07, 6.45) is -0.266. The smallest absolute Gasteiger partial charge is 0.229 e. The molecule has 5 nitrogen and oxygen atoms in total. The minimum Gasteiger partial charge on any atom is -0.279 e. The molecule has 1 saturated heterocycles. The lowest BCUT2D eigenvalue weighted by molar-refractivity contribution is -0.366. The minimum atomic E-state index is -2.99. The summed E-state index contributed by atoms with van der Waals surface area (Å²) in [7, 11) is 0. The number of carbonyl (C=O) groups excluding carboxylic acids is 2. The summed E-state index contributed by atoms with van der Waals surface area (Å²) in [6.45, 7) is -0.559. The second-order valence-corrected chi connectivity index (χ2v) is 3.56. The van der Waals surface area contributed by atoms with Crippen molar-refractivity contribution >= 4 is 11.8 Å². The molecule has 2 amide bonds. The fraction of sp³-hybridized carbons (Fsp3) is 0.714. The quantitative estimate of drug-likeness (QED) is 0.320. The molecule has 0 atom stereocenters. The van der Waals surface area contributed by atoms with Gasteiger partial charge in [0.2, 0.25) is 17.5 Å². The molecule has 1 fully saturated rings. The Morgan fingerprint density at radius 1 is 1.12 bits per heavy atom. The number of hydrogen-bond acceptors (Lipinski definition) is 4. The Morgan fingerprint density at radius 2 is 1.50 bits per heavy atom. The van der Waals surface area contributed by atoms with E-state index in [2.05, 4.69) is 0 Å². The standard InChI is InChI=1S/C7H9F4N3O2/c1-7(13(8)9,14(10)11)4-12-5(15)2-3-6(12)16/h2-4H2,1H3. The van der Waals surface area contributed by atoms with E-state index in [0.717, 1.165) is 0 Å². The molecule has 16 heavy (non-hydrogen) atoms. The molecule has 0 bridgehead atoms. The van der Waals surface area contributed by atoms with Crippen LogP contribution in [0.3, 0.4) is 0 Å². The molecule has 0 aromatic carbocycles.